The van der Waals surface area contributed by atoms with E-state index in [-0.39, 0.29) is 0 Å². The summed E-state index contributed by atoms with van der Waals surface area (Å²) in [6.45, 7) is 6.25. The van der Waals surface area contributed by atoms with Gasteiger partial charge in [0.1, 0.15) is 0 Å². The van der Waals surface area contributed by atoms with Gasteiger partial charge in [-0.2, -0.15) is 0 Å². The highest BCUT2D eigenvalue weighted by molar-refractivity contribution is 5.07. The third-order valence-corrected chi connectivity index (χ3v) is 3.11. The summed E-state index contributed by atoms with van der Waals surface area (Å²) < 4.78 is 0. The van der Waals surface area contributed by atoms with Crippen LogP contribution in [-0.2, 0) is 0 Å². The maximum absolute atomic E-state index is 3.35. The third-order valence-electron chi connectivity index (χ3n) is 3.11. The zero-order chi connectivity index (χ0) is 8.93. The molecule has 0 atom stereocenters. The Kier molecular flexibility index (Phi) is 3.39. The number of hydrogen-bond donors (Lipinski definition) is 1. The Morgan fingerprint density at radius 3 is 2.85 bits per heavy atom. The third kappa shape index (κ3) is 2.82. The second-order valence-electron chi connectivity index (χ2n) is 4.12. The molecule has 0 aliphatic carbocycles. The summed E-state index contributed by atoms with van der Waals surface area (Å²) in [5.41, 5.74) is 1.67. The molecule has 1 N–H and O–H groups in total. The molecule has 0 unspecified atom stereocenters. The van der Waals surface area contributed by atoms with E-state index >= 15 is 0 Å². The van der Waals surface area contributed by atoms with Crippen LogP contribution in [0.1, 0.15) is 25.7 Å². The molecule has 0 radical (unpaired) electrons. The van der Waals surface area contributed by atoms with Gasteiger partial charge in [0.2, 0.25) is 0 Å². The molecule has 2 aliphatic rings. The van der Waals surface area contributed by atoms with Gasteiger partial charge in [-0.1, -0.05) is 11.6 Å². The summed E-state index contributed by atoms with van der Waals surface area (Å²) in [4.78, 5) is 2.60. The van der Waals surface area contributed by atoms with Gasteiger partial charge in [0.25, 0.3) is 0 Å². The molecule has 2 nitrogen and oxygen atoms in total. The molecular formula is C11H20N2. The highest BCUT2D eigenvalue weighted by atomic mass is 15.1. The predicted molar refractivity (Wildman–Crippen MR) is 55.9 cm³/mol. The number of nitrogens with one attached hydrogen (secondary N) is 1. The van der Waals surface area contributed by atoms with E-state index in [2.05, 4.69) is 16.3 Å². The van der Waals surface area contributed by atoms with Crippen molar-refractivity contribution in [2.75, 3.05) is 32.7 Å². The second-order valence-corrected chi connectivity index (χ2v) is 4.12. The molecule has 1 saturated heterocycles. The molecule has 2 heterocycles. The fourth-order valence-corrected chi connectivity index (χ4v) is 2.20. The Labute approximate surface area is 81.0 Å². The monoisotopic (exact) mass is 180 g/mol. The lowest BCUT2D eigenvalue weighted by atomic mass is 10.1. The molecule has 0 saturated carbocycles. The van der Waals surface area contributed by atoms with Gasteiger partial charge in [0, 0.05) is 13.1 Å². The van der Waals surface area contributed by atoms with Gasteiger partial charge in [-0.15, -0.1) is 0 Å². The van der Waals surface area contributed by atoms with Gasteiger partial charge in [0.15, 0.2) is 0 Å². The van der Waals surface area contributed by atoms with Crippen molar-refractivity contribution >= 4 is 0 Å². The van der Waals surface area contributed by atoms with Crippen LogP contribution in [0.2, 0.25) is 0 Å². The molecule has 2 heteroatoms. The zero-order valence-corrected chi connectivity index (χ0v) is 8.39. The van der Waals surface area contributed by atoms with Crippen molar-refractivity contribution in [3.05, 3.63) is 11.6 Å². The number of nitrogens with zero attached hydrogens (tertiary/aromatic N) is 1. The van der Waals surface area contributed by atoms with Gasteiger partial charge < -0.3 is 10.2 Å². The predicted octanol–water partition coefficient (Wildman–Crippen LogP) is 1.39. The van der Waals surface area contributed by atoms with Crippen LogP contribution in [0.3, 0.4) is 0 Å². The van der Waals surface area contributed by atoms with Crippen LogP contribution in [0.4, 0.5) is 0 Å². The molecular weight excluding hydrogens is 160 g/mol. The van der Waals surface area contributed by atoms with Crippen molar-refractivity contribution in [1.82, 2.24) is 10.2 Å². The van der Waals surface area contributed by atoms with Gasteiger partial charge in [0.05, 0.1) is 0 Å². The first-order chi connectivity index (χ1) is 6.45. The van der Waals surface area contributed by atoms with Gasteiger partial charge in [-0.3, -0.25) is 0 Å². The maximum Gasteiger partial charge on any atom is 0.0137 e. The van der Waals surface area contributed by atoms with E-state index in [0.29, 0.717) is 0 Å². The summed E-state index contributed by atoms with van der Waals surface area (Å²) >= 11 is 0. The average Bonchev–Trinajstić information content (AvgIpc) is 2.69. The van der Waals surface area contributed by atoms with Crippen molar-refractivity contribution in [3.63, 3.8) is 0 Å². The number of likely N-dealkylation sites (tertiary alicyclic amines) is 1. The van der Waals surface area contributed by atoms with E-state index < -0.39 is 0 Å². The van der Waals surface area contributed by atoms with E-state index in [0.717, 1.165) is 6.54 Å². The van der Waals surface area contributed by atoms with Gasteiger partial charge >= 0.3 is 0 Å². The second kappa shape index (κ2) is 4.77. The van der Waals surface area contributed by atoms with Crippen LogP contribution >= 0.6 is 0 Å². The highest BCUT2D eigenvalue weighted by Gasteiger charge is 2.11. The normalized spacial score (nSPS) is 24.8. The summed E-state index contributed by atoms with van der Waals surface area (Å²) in [5.74, 6) is 0. The molecule has 0 bridgehead atoms. The fourth-order valence-electron chi connectivity index (χ4n) is 2.20. The fraction of sp³-hybridized carbons (Fsp3) is 0.818. The maximum atomic E-state index is 3.35. The topological polar surface area (TPSA) is 15.3 Å². The highest BCUT2D eigenvalue weighted by Crippen LogP contribution is 2.13. The standard InChI is InChI=1S/C11H20N2/c1-2-9-13(8-1)10-5-11-3-6-12-7-4-11/h3,12H,1-2,4-10H2. The Morgan fingerprint density at radius 1 is 1.31 bits per heavy atom. The summed E-state index contributed by atoms with van der Waals surface area (Å²) in [6.07, 6.45) is 7.79. The largest absolute Gasteiger partial charge is 0.313 e. The van der Waals surface area contributed by atoms with Crippen LogP contribution in [0.25, 0.3) is 0 Å². The number of rotatable bonds is 3. The van der Waals surface area contributed by atoms with Crippen molar-refractivity contribution in [3.8, 4) is 0 Å². The molecule has 1 fully saturated rings. The smallest absolute Gasteiger partial charge is 0.0137 e. The van der Waals surface area contributed by atoms with Crippen molar-refractivity contribution in [2.45, 2.75) is 25.7 Å². The SMILES string of the molecule is C1=C(CCN2CCCC2)CCNC1. The Hall–Kier alpha value is -0.340. The van der Waals surface area contributed by atoms with Crippen LogP contribution in [0, 0.1) is 0 Å². The minimum atomic E-state index is 1.09. The lowest BCUT2D eigenvalue weighted by Crippen LogP contribution is -2.24. The Morgan fingerprint density at radius 2 is 2.15 bits per heavy atom. The van der Waals surface area contributed by atoms with Crippen LogP contribution in [0.5, 0.6) is 0 Å². The first-order valence-electron chi connectivity index (χ1n) is 5.56. The minimum absolute atomic E-state index is 1.09. The summed E-state index contributed by atoms with van der Waals surface area (Å²) in [7, 11) is 0. The number of hydrogen-bond acceptors (Lipinski definition) is 2. The summed E-state index contributed by atoms with van der Waals surface area (Å²) in [5, 5.41) is 3.35. The summed E-state index contributed by atoms with van der Waals surface area (Å²) in [6, 6.07) is 0. The zero-order valence-electron chi connectivity index (χ0n) is 8.39. The molecule has 2 rings (SSSR count). The Bertz CT molecular complexity index is 181. The molecule has 0 spiro atoms. The van der Waals surface area contributed by atoms with Crippen LogP contribution in [0.15, 0.2) is 11.6 Å². The van der Waals surface area contributed by atoms with Crippen molar-refractivity contribution in [1.29, 1.82) is 0 Å². The van der Waals surface area contributed by atoms with Crippen molar-refractivity contribution in [2.24, 2.45) is 0 Å². The van der Waals surface area contributed by atoms with Gasteiger partial charge in [-0.25, -0.2) is 0 Å². The van der Waals surface area contributed by atoms with Crippen LogP contribution < -0.4 is 5.32 Å². The van der Waals surface area contributed by atoms with E-state index in [4.69, 9.17) is 0 Å². The molecule has 74 valence electrons. The molecule has 0 aromatic rings. The van der Waals surface area contributed by atoms with E-state index in [1.54, 1.807) is 5.57 Å². The lowest BCUT2D eigenvalue weighted by Gasteiger charge is -2.18. The molecule has 0 aromatic carbocycles. The Balaban J connectivity index is 1.68. The lowest BCUT2D eigenvalue weighted by molar-refractivity contribution is 0.341. The quantitative estimate of drug-likeness (QED) is 0.660. The average molecular weight is 180 g/mol. The van der Waals surface area contributed by atoms with Crippen molar-refractivity contribution < 1.29 is 0 Å². The van der Waals surface area contributed by atoms with E-state index in [1.165, 1.54) is 51.9 Å². The first kappa shape index (κ1) is 9.22. The molecule has 2 aliphatic heterocycles. The van der Waals surface area contributed by atoms with E-state index in [1.807, 2.05) is 0 Å². The van der Waals surface area contributed by atoms with Gasteiger partial charge in [-0.05, 0) is 45.3 Å². The molecule has 0 amide bonds. The molecule has 13 heavy (non-hydrogen) atoms. The van der Waals surface area contributed by atoms with Crippen LogP contribution in [-0.4, -0.2) is 37.6 Å². The minimum Gasteiger partial charge on any atom is -0.313 e. The first-order valence-corrected chi connectivity index (χ1v) is 5.56. The van der Waals surface area contributed by atoms with E-state index in [9.17, 15) is 0 Å². The molecule has 0 aromatic heterocycles.